The Morgan fingerprint density at radius 1 is 1.19 bits per heavy atom. The van der Waals surface area contributed by atoms with Crippen molar-refractivity contribution in [2.45, 2.75) is 19.8 Å². The predicted octanol–water partition coefficient (Wildman–Crippen LogP) is 1.05. The van der Waals surface area contributed by atoms with E-state index in [1.54, 1.807) is 31.2 Å². The fraction of sp³-hybridized carbons (Fsp3) is 0.294. The zero-order valence-corrected chi connectivity index (χ0v) is 15.1. The molecular weight excluding hydrogens is 360 g/mol. The topological polar surface area (TPSA) is 115 Å². The Bertz CT molecular complexity index is 935. The zero-order valence-electron chi connectivity index (χ0n) is 14.4. The summed E-state index contributed by atoms with van der Waals surface area (Å²) in [6, 6.07) is 6.79. The molecule has 1 heterocycles. The van der Waals surface area contributed by atoms with Gasteiger partial charge in [0.25, 0.3) is 5.56 Å². The molecule has 1 aromatic carbocycles. The van der Waals surface area contributed by atoms with Crippen molar-refractivity contribution >= 4 is 29.1 Å². The van der Waals surface area contributed by atoms with Gasteiger partial charge in [0.2, 0.25) is 11.8 Å². The number of nitrogens with zero attached hydrogens (tertiary/aromatic N) is 1. The SMILES string of the molecule is Cc1[nH]c(=O)[nH]c(=O)c1CCC(=O)N(C)CC(=O)Nc1ccccc1Cl. The number of likely N-dealkylation sites (N-methyl/N-ethyl adjacent to an activating group) is 1. The van der Waals surface area contributed by atoms with Crippen LogP contribution in [0.25, 0.3) is 0 Å². The van der Waals surface area contributed by atoms with Gasteiger partial charge in [-0.05, 0) is 25.5 Å². The Labute approximate surface area is 154 Å². The van der Waals surface area contributed by atoms with E-state index in [1.807, 2.05) is 0 Å². The first kappa shape index (κ1) is 19.5. The molecule has 0 unspecified atom stereocenters. The fourth-order valence-electron chi connectivity index (χ4n) is 2.41. The van der Waals surface area contributed by atoms with Crippen LogP contribution in [-0.4, -0.2) is 40.3 Å². The van der Waals surface area contributed by atoms with Crippen molar-refractivity contribution in [3.8, 4) is 0 Å². The fourth-order valence-corrected chi connectivity index (χ4v) is 2.59. The van der Waals surface area contributed by atoms with Crippen molar-refractivity contribution in [1.29, 1.82) is 0 Å². The van der Waals surface area contributed by atoms with Gasteiger partial charge in [-0.1, -0.05) is 23.7 Å². The van der Waals surface area contributed by atoms with Gasteiger partial charge in [0.15, 0.2) is 0 Å². The Balaban J connectivity index is 1.92. The minimum absolute atomic E-state index is 0.0336. The largest absolute Gasteiger partial charge is 0.336 e. The number of aromatic nitrogens is 2. The van der Waals surface area contributed by atoms with E-state index in [4.69, 9.17) is 11.6 Å². The third-order valence-corrected chi connectivity index (χ3v) is 4.13. The van der Waals surface area contributed by atoms with E-state index < -0.39 is 11.2 Å². The van der Waals surface area contributed by atoms with E-state index in [9.17, 15) is 19.2 Å². The smallest absolute Gasteiger partial charge is 0.325 e. The highest BCUT2D eigenvalue weighted by Crippen LogP contribution is 2.20. The number of carbonyl (C=O) groups excluding carboxylic acids is 2. The number of para-hydroxylation sites is 1. The van der Waals surface area contributed by atoms with Gasteiger partial charge in [0.05, 0.1) is 17.3 Å². The summed E-state index contributed by atoms with van der Waals surface area (Å²) in [6.45, 7) is 1.45. The second-order valence-corrected chi connectivity index (χ2v) is 6.20. The maximum atomic E-state index is 12.2. The number of hydrogen-bond donors (Lipinski definition) is 3. The molecule has 1 aromatic heterocycles. The lowest BCUT2D eigenvalue weighted by Gasteiger charge is -2.17. The van der Waals surface area contributed by atoms with Crippen LogP contribution >= 0.6 is 11.6 Å². The first-order valence-corrected chi connectivity index (χ1v) is 8.26. The molecule has 0 aliphatic rings. The van der Waals surface area contributed by atoms with E-state index >= 15 is 0 Å². The molecule has 0 saturated carbocycles. The minimum Gasteiger partial charge on any atom is -0.336 e. The molecule has 2 rings (SSSR count). The highest BCUT2D eigenvalue weighted by Gasteiger charge is 2.15. The van der Waals surface area contributed by atoms with Gasteiger partial charge in [0, 0.05) is 24.7 Å². The van der Waals surface area contributed by atoms with Crippen molar-refractivity contribution < 1.29 is 9.59 Å². The molecule has 138 valence electrons. The highest BCUT2D eigenvalue weighted by atomic mass is 35.5. The molecule has 9 heteroatoms. The molecule has 2 amide bonds. The number of aromatic amines is 2. The lowest BCUT2D eigenvalue weighted by Crippen LogP contribution is -2.35. The molecule has 0 spiro atoms. The van der Waals surface area contributed by atoms with Crippen molar-refractivity contribution in [3.63, 3.8) is 0 Å². The third kappa shape index (κ3) is 5.06. The number of anilines is 1. The molecule has 0 aliphatic heterocycles. The van der Waals surface area contributed by atoms with Crippen LogP contribution in [0.15, 0.2) is 33.9 Å². The summed E-state index contributed by atoms with van der Waals surface area (Å²) in [7, 11) is 1.50. The monoisotopic (exact) mass is 378 g/mol. The van der Waals surface area contributed by atoms with Crippen molar-refractivity contribution in [2.24, 2.45) is 0 Å². The van der Waals surface area contributed by atoms with Gasteiger partial charge >= 0.3 is 5.69 Å². The molecule has 2 aromatic rings. The lowest BCUT2D eigenvalue weighted by molar-refractivity contribution is -0.133. The number of benzene rings is 1. The summed E-state index contributed by atoms with van der Waals surface area (Å²) in [4.78, 5) is 53.1. The summed E-state index contributed by atoms with van der Waals surface area (Å²) in [5, 5.41) is 3.04. The molecule has 0 atom stereocenters. The van der Waals surface area contributed by atoms with Crippen LogP contribution in [-0.2, 0) is 16.0 Å². The minimum atomic E-state index is -0.587. The normalized spacial score (nSPS) is 10.4. The molecule has 0 radical (unpaired) electrons. The second-order valence-electron chi connectivity index (χ2n) is 5.79. The first-order valence-electron chi connectivity index (χ1n) is 7.88. The second kappa shape index (κ2) is 8.48. The third-order valence-electron chi connectivity index (χ3n) is 3.80. The molecule has 0 aliphatic carbocycles. The number of hydrogen-bond acceptors (Lipinski definition) is 4. The number of amides is 2. The number of halogens is 1. The van der Waals surface area contributed by atoms with Gasteiger partial charge in [-0.15, -0.1) is 0 Å². The van der Waals surface area contributed by atoms with E-state index in [1.165, 1.54) is 11.9 Å². The van der Waals surface area contributed by atoms with E-state index in [-0.39, 0.29) is 31.2 Å². The van der Waals surface area contributed by atoms with Crippen LogP contribution in [0, 0.1) is 6.92 Å². The number of aryl methyl sites for hydroxylation is 1. The molecule has 26 heavy (non-hydrogen) atoms. The van der Waals surface area contributed by atoms with Crippen molar-refractivity contribution in [3.05, 3.63) is 61.4 Å². The van der Waals surface area contributed by atoms with Crippen LogP contribution in [0.3, 0.4) is 0 Å². The average Bonchev–Trinajstić information content (AvgIpc) is 2.55. The van der Waals surface area contributed by atoms with E-state index in [2.05, 4.69) is 15.3 Å². The van der Waals surface area contributed by atoms with Crippen molar-refractivity contribution in [1.82, 2.24) is 14.9 Å². The molecule has 0 fully saturated rings. The Morgan fingerprint density at radius 2 is 1.88 bits per heavy atom. The Kier molecular flexibility index (Phi) is 6.35. The first-order chi connectivity index (χ1) is 12.3. The summed E-state index contributed by atoms with van der Waals surface area (Å²) in [5.74, 6) is -0.684. The number of rotatable bonds is 6. The highest BCUT2D eigenvalue weighted by molar-refractivity contribution is 6.33. The van der Waals surface area contributed by atoms with E-state index in [0.29, 0.717) is 22.0 Å². The van der Waals surface area contributed by atoms with Crippen LogP contribution in [0.4, 0.5) is 5.69 Å². The van der Waals surface area contributed by atoms with Gasteiger partial charge in [0.1, 0.15) is 0 Å². The van der Waals surface area contributed by atoms with Gasteiger partial charge in [-0.3, -0.25) is 19.4 Å². The van der Waals surface area contributed by atoms with Gasteiger partial charge in [-0.25, -0.2) is 4.79 Å². The number of nitrogens with one attached hydrogen (secondary N) is 3. The summed E-state index contributed by atoms with van der Waals surface area (Å²) >= 11 is 5.97. The lowest BCUT2D eigenvalue weighted by atomic mass is 10.1. The van der Waals surface area contributed by atoms with E-state index in [0.717, 1.165) is 0 Å². The van der Waals surface area contributed by atoms with Crippen LogP contribution in [0.2, 0.25) is 5.02 Å². The number of carbonyl (C=O) groups is 2. The molecular formula is C17H19ClN4O4. The van der Waals surface area contributed by atoms with Crippen LogP contribution in [0.5, 0.6) is 0 Å². The average molecular weight is 379 g/mol. The molecule has 0 saturated heterocycles. The summed E-state index contributed by atoms with van der Waals surface area (Å²) in [6.07, 6.45) is 0.194. The molecule has 0 bridgehead atoms. The zero-order chi connectivity index (χ0) is 19.3. The van der Waals surface area contributed by atoms with Crippen LogP contribution in [0.1, 0.15) is 17.7 Å². The quantitative estimate of drug-likeness (QED) is 0.696. The predicted molar refractivity (Wildman–Crippen MR) is 98.5 cm³/mol. The van der Waals surface area contributed by atoms with Gasteiger partial charge < -0.3 is 15.2 Å². The maximum Gasteiger partial charge on any atom is 0.325 e. The molecule has 8 nitrogen and oxygen atoms in total. The van der Waals surface area contributed by atoms with Gasteiger partial charge in [-0.2, -0.15) is 0 Å². The summed E-state index contributed by atoms with van der Waals surface area (Å²) in [5.41, 5.74) is 0.127. The Hall–Kier alpha value is -2.87. The Morgan fingerprint density at radius 3 is 2.54 bits per heavy atom. The standard InChI is InChI=1S/C17H19ClN4O4/c1-10-11(16(25)21-17(26)19-10)7-8-15(24)22(2)9-14(23)20-13-6-4-3-5-12(13)18/h3-6H,7-9H2,1-2H3,(H,20,23)(H2,19,21,25,26). The van der Waals surface area contributed by atoms with Crippen LogP contribution < -0.4 is 16.6 Å². The van der Waals surface area contributed by atoms with Crippen molar-refractivity contribution in [2.75, 3.05) is 18.9 Å². The maximum absolute atomic E-state index is 12.2. The molecule has 3 N–H and O–H groups in total. The summed E-state index contributed by atoms with van der Waals surface area (Å²) < 4.78 is 0. The number of H-pyrrole nitrogens is 2.